The molecule has 0 spiro atoms. The number of ether oxygens (including phenoxy) is 1. The second-order valence-corrected chi connectivity index (χ2v) is 5.29. The van der Waals surface area contributed by atoms with Gasteiger partial charge in [-0.25, -0.2) is 4.68 Å². The Balaban J connectivity index is 1.68. The van der Waals surface area contributed by atoms with Gasteiger partial charge in [-0.3, -0.25) is 4.79 Å². The number of para-hydroxylation sites is 1. The number of rotatable bonds is 6. The largest absolute Gasteiger partial charge is 0.486 e. The normalized spacial score (nSPS) is 16.2. The summed E-state index contributed by atoms with van der Waals surface area (Å²) in [6.07, 6.45) is 2.27. The summed E-state index contributed by atoms with van der Waals surface area (Å²) < 4.78 is 7.14. The summed E-state index contributed by atoms with van der Waals surface area (Å²) in [6.45, 7) is 0.509. The molecule has 0 amide bonds. The summed E-state index contributed by atoms with van der Waals surface area (Å²) >= 11 is 0. The highest BCUT2D eigenvalue weighted by Crippen LogP contribution is 2.42. The van der Waals surface area contributed by atoms with Gasteiger partial charge in [0.2, 0.25) is 0 Å². The molecule has 1 aliphatic carbocycles. The van der Waals surface area contributed by atoms with Crippen molar-refractivity contribution in [3.8, 4) is 5.75 Å². The average molecular weight is 288 g/mol. The van der Waals surface area contributed by atoms with Crippen molar-refractivity contribution >= 4 is 5.97 Å². The number of carboxylic acid groups (broad SMARTS) is 1. The predicted molar refractivity (Wildman–Crippen MR) is 72.5 cm³/mol. The van der Waals surface area contributed by atoms with Crippen LogP contribution in [0, 0.1) is 5.41 Å². The number of carboxylic acids is 1. The van der Waals surface area contributed by atoms with Crippen molar-refractivity contribution < 1.29 is 14.6 Å². The van der Waals surface area contributed by atoms with Gasteiger partial charge in [0, 0.05) is 0 Å². The topological polar surface area (TPSA) is 90.1 Å². The molecule has 7 heteroatoms. The molecule has 2 aromatic rings. The third kappa shape index (κ3) is 2.72. The Morgan fingerprint density at radius 3 is 2.71 bits per heavy atom. The van der Waals surface area contributed by atoms with Crippen LogP contribution in [-0.4, -0.2) is 31.3 Å². The summed E-state index contributed by atoms with van der Waals surface area (Å²) in [7, 11) is 0. The van der Waals surface area contributed by atoms with Gasteiger partial charge >= 0.3 is 5.97 Å². The van der Waals surface area contributed by atoms with E-state index in [9.17, 15) is 9.90 Å². The fraction of sp³-hybridized carbons (Fsp3) is 0.429. The molecule has 1 N–H and O–H groups in total. The van der Waals surface area contributed by atoms with Gasteiger partial charge in [-0.1, -0.05) is 24.6 Å². The van der Waals surface area contributed by atoms with Crippen LogP contribution >= 0.6 is 0 Å². The molecular formula is C14H16N4O3. The van der Waals surface area contributed by atoms with Crippen LogP contribution in [0.2, 0.25) is 0 Å². The Labute approximate surface area is 121 Å². The van der Waals surface area contributed by atoms with E-state index in [4.69, 9.17) is 4.74 Å². The molecule has 0 aliphatic heterocycles. The standard InChI is InChI=1S/C14H16N4O3/c19-13(20)14(7-4-8-14)10-18-12(15-16-17-18)9-21-11-5-2-1-3-6-11/h1-3,5-6H,4,7-10H2,(H,19,20). The van der Waals surface area contributed by atoms with E-state index in [1.54, 1.807) is 0 Å². The van der Waals surface area contributed by atoms with Gasteiger partial charge in [0.05, 0.1) is 12.0 Å². The molecule has 7 nitrogen and oxygen atoms in total. The quantitative estimate of drug-likeness (QED) is 0.866. The van der Waals surface area contributed by atoms with Crippen molar-refractivity contribution in [3.05, 3.63) is 36.2 Å². The van der Waals surface area contributed by atoms with Crippen LogP contribution in [0.15, 0.2) is 30.3 Å². The Hall–Kier alpha value is -2.44. The SMILES string of the molecule is O=C(O)C1(Cn2nnnc2COc2ccccc2)CCC1. The lowest BCUT2D eigenvalue weighted by Crippen LogP contribution is -2.42. The first-order valence-electron chi connectivity index (χ1n) is 6.86. The van der Waals surface area contributed by atoms with Crippen molar-refractivity contribution in [3.63, 3.8) is 0 Å². The summed E-state index contributed by atoms with van der Waals surface area (Å²) in [5, 5.41) is 20.8. The highest BCUT2D eigenvalue weighted by atomic mass is 16.5. The molecule has 1 saturated carbocycles. The zero-order chi connectivity index (χ0) is 14.7. The molecule has 1 fully saturated rings. The van der Waals surface area contributed by atoms with Gasteiger partial charge in [0.25, 0.3) is 0 Å². The third-order valence-electron chi connectivity index (χ3n) is 3.93. The van der Waals surface area contributed by atoms with E-state index in [1.165, 1.54) is 4.68 Å². The van der Waals surface area contributed by atoms with Crippen LogP contribution in [0.4, 0.5) is 0 Å². The smallest absolute Gasteiger partial charge is 0.311 e. The monoisotopic (exact) mass is 288 g/mol. The maximum Gasteiger partial charge on any atom is 0.311 e. The van der Waals surface area contributed by atoms with Crippen molar-refractivity contribution in [1.82, 2.24) is 20.2 Å². The summed E-state index contributed by atoms with van der Waals surface area (Å²) in [6, 6.07) is 9.36. The first-order chi connectivity index (χ1) is 10.2. The minimum Gasteiger partial charge on any atom is -0.486 e. The predicted octanol–water partition coefficient (Wildman–Crippen LogP) is 1.51. The Bertz CT molecular complexity index is 622. The van der Waals surface area contributed by atoms with E-state index < -0.39 is 11.4 Å². The summed E-state index contributed by atoms with van der Waals surface area (Å²) in [5.41, 5.74) is -0.725. The van der Waals surface area contributed by atoms with Gasteiger partial charge in [-0.2, -0.15) is 0 Å². The van der Waals surface area contributed by atoms with Crippen molar-refractivity contribution in [2.75, 3.05) is 0 Å². The van der Waals surface area contributed by atoms with Crippen molar-refractivity contribution in [2.45, 2.75) is 32.4 Å². The zero-order valence-corrected chi connectivity index (χ0v) is 11.5. The lowest BCUT2D eigenvalue weighted by molar-refractivity contribution is -0.156. The zero-order valence-electron chi connectivity index (χ0n) is 11.5. The Kier molecular flexibility index (Phi) is 3.55. The minimum atomic E-state index is -0.779. The van der Waals surface area contributed by atoms with Crippen LogP contribution in [-0.2, 0) is 17.9 Å². The van der Waals surface area contributed by atoms with Gasteiger partial charge < -0.3 is 9.84 Å². The summed E-state index contributed by atoms with van der Waals surface area (Å²) in [5.74, 6) is 0.481. The number of aliphatic carboxylic acids is 1. The molecule has 1 aliphatic rings. The van der Waals surface area contributed by atoms with E-state index in [1.807, 2.05) is 30.3 Å². The van der Waals surface area contributed by atoms with E-state index in [2.05, 4.69) is 15.5 Å². The second-order valence-electron chi connectivity index (χ2n) is 5.29. The van der Waals surface area contributed by atoms with Gasteiger partial charge in [0.15, 0.2) is 5.82 Å². The maximum absolute atomic E-state index is 11.4. The van der Waals surface area contributed by atoms with Crippen molar-refractivity contribution in [1.29, 1.82) is 0 Å². The molecule has 0 bridgehead atoms. The molecular weight excluding hydrogens is 272 g/mol. The van der Waals surface area contributed by atoms with Gasteiger partial charge in [-0.15, -0.1) is 5.10 Å². The fourth-order valence-corrected chi connectivity index (χ4v) is 2.44. The van der Waals surface area contributed by atoms with E-state index in [0.29, 0.717) is 25.2 Å². The molecule has 1 aromatic carbocycles. The number of aromatic nitrogens is 4. The number of nitrogens with zero attached hydrogens (tertiary/aromatic N) is 4. The van der Waals surface area contributed by atoms with Crippen molar-refractivity contribution in [2.24, 2.45) is 5.41 Å². The number of benzene rings is 1. The highest BCUT2D eigenvalue weighted by Gasteiger charge is 2.45. The Morgan fingerprint density at radius 1 is 1.33 bits per heavy atom. The first-order valence-corrected chi connectivity index (χ1v) is 6.86. The first kappa shape index (κ1) is 13.5. The summed E-state index contributed by atoms with van der Waals surface area (Å²) in [4.78, 5) is 11.4. The lowest BCUT2D eigenvalue weighted by atomic mass is 9.69. The molecule has 0 radical (unpaired) electrons. The molecule has 0 atom stereocenters. The van der Waals surface area contributed by atoms with Gasteiger partial charge in [0.1, 0.15) is 12.4 Å². The Morgan fingerprint density at radius 2 is 2.10 bits per heavy atom. The molecule has 0 saturated heterocycles. The van der Waals surface area contributed by atoms with E-state index >= 15 is 0 Å². The number of hydrogen-bond acceptors (Lipinski definition) is 5. The van der Waals surface area contributed by atoms with Crippen LogP contribution in [0.1, 0.15) is 25.1 Å². The maximum atomic E-state index is 11.4. The fourth-order valence-electron chi connectivity index (χ4n) is 2.44. The molecule has 0 unspecified atom stereocenters. The molecule has 1 aromatic heterocycles. The number of hydrogen-bond donors (Lipinski definition) is 1. The van der Waals surface area contributed by atoms with Crippen LogP contribution in [0.25, 0.3) is 0 Å². The number of carbonyl (C=O) groups is 1. The molecule has 1 heterocycles. The molecule has 3 rings (SSSR count). The number of tetrazole rings is 1. The second kappa shape index (κ2) is 5.51. The van der Waals surface area contributed by atoms with Crippen LogP contribution in [0.3, 0.4) is 0 Å². The van der Waals surface area contributed by atoms with Crippen LogP contribution < -0.4 is 4.74 Å². The van der Waals surface area contributed by atoms with Crippen LogP contribution in [0.5, 0.6) is 5.75 Å². The molecule has 110 valence electrons. The van der Waals surface area contributed by atoms with Gasteiger partial charge in [-0.05, 0) is 35.4 Å². The van der Waals surface area contributed by atoms with E-state index in [0.717, 1.165) is 12.2 Å². The minimum absolute atomic E-state index is 0.215. The van der Waals surface area contributed by atoms with E-state index in [-0.39, 0.29) is 6.61 Å². The lowest BCUT2D eigenvalue weighted by Gasteiger charge is -2.37. The molecule has 21 heavy (non-hydrogen) atoms. The third-order valence-corrected chi connectivity index (χ3v) is 3.93. The highest BCUT2D eigenvalue weighted by molar-refractivity contribution is 5.75. The average Bonchev–Trinajstić information content (AvgIpc) is 2.88.